The van der Waals surface area contributed by atoms with Crippen molar-refractivity contribution >= 4 is 23.4 Å². The molecule has 0 aliphatic rings. The van der Waals surface area contributed by atoms with Crippen LogP contribution in [0.1, 0.15) is 24.2 Å². The molecule has 1 rings (SSSR count). The lowest BCUT2D eigenvalue weighted by molar-refractivity contribution is -0.116. The summed E-state index contributed by atoms with van der Waals surface area (Å²) in [5.74, 6) is -0.448. The standard InChI is InChI=1S/C13H20N4O3/c1-8(2)6-17(7-11(15)18)12-10(13(19)20-3)4-9(14)5-16-12/h4-5,8H,6-7,14H2,1-3H3,(H2,15,18). The van der Waals surface area contributed by atoms with Crippen molar-refractivity contribution in [3.63, 3.8) is 0 Å². The van der Waals surface area contributed by atoms with E-state index in [2.05, 4.69) is 4.98 Å². The summed E-state index contributed by atoms with van der Waals surface area (Å²) in [6, 6.07) is 1.47. The van der Waals surface area contributed by atoms with Crippen LogP contribution >= 0.6 is 0 Å². The Kier molecular flexibility index (Phi) is 5.31. The number of nitrogen functional groups attached to an aromatic ring is 1. The van der Waals surface area contributed by atoms with Crippen LogP contribution in [0, 0.1) is 5.92 Å². The highest BCUT2D eigenvalue weighted by Gasteiger charge is 2.21. The van der Waals surface area contributed by atoms with E-state index in [9.17, 15) is 9.59 Å². The SMILES string of the molecule is COC(=O)c1cc(N)cnc1N(CC(N)=O)CC(C)C. The van der Waals surface area contributed by atoms with Crippen LogP contribution in [-0.4, -0.2) is 37.1 Å². The first-order valence-corrected chi connectivity index (χ1v) is 6.22. The van der Waals surface area contributed by atoms with Gasteiger partial charge in [-0.05, 0) is 12.0 Å². The van der Waals surface area contributed by atoms with Gasteiger partial charge in [-0.3, -0.25) is 4.79 Å². The minimum atomic E-state index is -0.557. The Bertz CT molecular complexity index is 502. The van der Waals surface area contributed by atoms with Crippen LogP contribution < -0.4 is 16.4 Å². The predicted octanol–water partition coefficient (Wildman–Crippen LogP) is 0.398. The quantitative estimate of drug-likeness (QED) is 0.729. The molecule has 1 heterocycles. The van der Waals surface area contributed by atoms with Gasteiger partial charge in [0, 0.05) is 6.54 Å². The van der Waals surface area contributed by atoms with Gasteiger partial charge in [-0.1, -0.05) is 13.8 Å². The average Bonchev–Trinajstić information content (AvgIpc) is 2.35. The van der Waals surface area contributed by atoms with Gasteiger partial charge < -0.3 is 21.1 Å². The Morgan fingerprint density at radius 1 is 1.45 bits per heavy atom. The zero-order valence-corrected chi connectivity index (χ0v) is 11.9. The number of hydrogen-bond donors (Lipinski definition) is 2. The van der Waals surface area contributed by atoms with Crippen molar-refractivity contribution in [2.45, 2.75) is 13.8 Å². The van der Waals surface area contributed by atoms with Gasteiger partial charge in [0.05, 0.1) is 25.5 Å². The maximum Gasteiger partial charge on any atom is 0.341 e. The van der Waals surface area contributed by atoms with Crippen LogP contribution in [-0.2, 0) is 9.53 Å². The lowest BCUT2D eigenvalue weighted by Crippen LogP contribution is -2.37. The van der Waals surface area contributed by atoms with E-state index in [1.165, 1.54) is 19.4 Å². The molecule has 20 heavy (non-hydrogen) atoms. The highest BCUT2D eigenvalue weighted by Crippen LogP contribution is 2.21. The van der Waals surface area contributed by atoms with Crippen LogP contribution in [0.3, 0.4) is 0 Å². The summed E-state index contributed by atoms with van der Waals surface area (Å²) in [5.41, 5.74) is 11.5. The number of hydrogen-bond acceptors (Lipinski definition) is 6. The molecule has 0 aromatic carbocycles. The normalized spacial score (nSPS) is 10.4. The molecular formula is C13H20N4O3. The molecule has 7 nitrogen and oxygen atoms in total. The molecule has 0 bridgehead atoms. The molecule has 0 aliphatic heterocycles. The lowest BCUT2D eigenvalue weighted by Gasteiger charge is -2.25. The summed E-state index contributed by atoms with van der Waals surface area (Å²) in [6.07, 6.45) is 1.43. The number of nitrogens with two attached hydrogens (primary N) is 2. The number of amides is 1. The summed E-state index contributed by atoms with van der Waals surface area (Å²) in [5, 5.41) is 0. The van der Waals surface area contributed by atoms with Crippen molar-refractivity contribution in [1.29, 1.82) is 0 Å². The molecule has 110 valence electrons. The molecule has 0 spiro atoms. The molecule has 7 heteroatoms. The number of anilines is 2. The first-order valence-electron chi connectivity index (χ1n) is 6.22. The van der Waals surface area contributed by atoms with E-state index in [0.29, 0.717) is 18.1 Å². The molecule has 0 aliphatic carbocycles. The number of primary amides is 1. The van der Waals surface area contributed by atoms with Gasteiger partial charge in [0.1, 0.15) is 11.4 Å². The van der Waals surface area contributed by atoms with E-state index in [0.717, 1.165) is 0 Å². The third-order valence-corrected chi connectivity index (χ3v) is 2.52. The topological polar surface area (TPSA) is 112 Å². The third kappa shape index (κ3) is 4.11. The van der Waals surface area contributed by atoms with Crippen LogP contribution in [0.4, 0.5) is 11.5 Å². The van der Waals surface area contributed by atoms with Crippen molar-refractivity contribution in [2.24, 2.45) is 11.7 Å². The van der Waals surface area contributed by atoms with Gasteiger partial charge in [-0.25, -0.2) is 9.78 Å². The van der Waals surface area contributed by atoms with Gasteiger partial charge in [0.25, 0.3) is 0 Å². The van der Waals surface area contributed by atoms with Gasteiger partial charge >= 0.3 is 5.97 Å². The van der Waals surface area contributed by atoms with Crippen LogP contribution in [0.25, 0.3) is 0 Å². The molecule has 4 N–H and O–H groups in total. The molecule has 0 saturated carbocycles. The first-order chi connectivity index (χ1) is 9.35. The minimum absolute atomic E-state index is 0.0287. The Balaban J connectivity index is 3.23. The number of rotatable bonds is 6. The first kappa shape index (κ1) is 15.7. The molecule has 0 atom stereocenters. The lowest BCUT2D eigenvalue weighted by atomic mass is 10.1. The monoisotopic (exact) mass is 280 g/mol. The number of methoxy groups -OCH3 is 1. The molecule has 0 saturated heterocycles. The van der Waals surface area contributed by atoms with E-state index < -0.39 is 11.9 Å². The Morgan fingerprint density at radius 3 is 2.60 bits per heavy atom. The van der Waals surface area contributed by atoms with Crippen LogP contribution in [0.5, 0.6) is 0 Å². The smallest absolute Gasteiger partial charge is 0.341 e. The summed E-state index contributed by atoms with van der Waals surface area (Å²) in [7, 11) is 1.27. The fourth-order valence-corrected chi connectivity index (χ4v) is 1.84. The molecule has 1 aromatic rings. The van der Waals surface area contributed by atoms with Gasteiger partial charge in [-0.2, -0.15) is 0 Å². The van der Waals surface area contributed by atoms with E-state index in [-0.39, 0.29) is 18.0 Å². The summed E-state index contributed by atoms with van der Waals surface area (Å²) in [6.45, 7) is 4.48. The summed E-state index contributed by atoms with van der Waals surface area (Å²) >= 11 is 0. The second kappa shape index (κ2) is 6.74. The summed E-state index contributed by atoms with van der Waals surface area (Å²) < 4.78 is 4.71. The third-order valence-electron chi connectivity index (χ3n) is 2.52. The summed E-state index contributed by atoms with van der Waals surface area (Å²) in [4.78, 5) is 28.8. The zero-order chi connectivity index (χ0) is 15.3. The minimum Gasteiger partial charge on any atom is -0.465 e. The van der Waals surface area contributed by atoms with Gasteiger partial charge in [-0.15, -0.1) is 0 Å². The number of nitrogens with zero attached hydrogens (tertiary/aromatic N) is 2. The molecule has 1 aromatic heterocycles. The Morgan fingerprint density at radius 2 is 2.10 bits per heavy atom. The average molecular weight is 280 g/mol. The molecule has 1 amide bonds. The van der Waals surface area contributed by atoms with E-state index >= 15 is 0 Å². The number of pyridine rings is 1. The van der Waals surface area contributed by atoms with Crippen molar-refractivity contribution < 1.29 is 14.3 Å². The van der Waals surface area contributed by atoms with Crippen LogP contribution in [0.2, 0.25) is 0 Å². The number of ether oxygens (including phenoxy) is 1. The highest BCUT2D eigenvalue weighted by atomic mass is 16.5. The molecule has 0 radical (unpaired) electrons. The number of carbonyl (C=O) groups is 2. The highest BCUT2D eigenvalue weighted by molar-refractivity contribution is 5.96. The number of esters is 1. The van der Waals surface area contributed by atoms with E-state index in [1.54, 1.807) is 4.90 Å². The predicted molar refractivity (Wildman–Crippen MR) is 76.2 cm³/mol. The van der Waals surface area contributed by atoms with Crippen molar-refractivity contribution in [1.82, 2.24) is 4.98 Å². The maximum absolute atomic E-state index is 11.8. The van der Waals surface area contributed by atoms with Crippen LogP contribution in [0.15, 0.2) is 12.3 Å². The molecule has 0 fully saturated rings. The van der Waals surface area contributed by atoms with E-state index in [1.807, 2.05) is 13.8 Å². The Hall–Kier alpha value is -2.31. The fraction of sp³-hybridized carbons (Fsp3) is 0.462. The number of aromatic nitrogens is 1. The second-order valence-electron chi connectivity index (χ2n) is 4.87. The maximum atomic E-state index is 11.8. The van der Waals surface area contributed by atoms with Crippen molar-refractivity contribution in [2.75, 3.05) is 30.8 Å². The molecule has 0 unspecified atom stereocenters. The van der Waals surface area contributed by atoms with Gasteiger partial charge in [0.15, 0.2) is 0 Å². The zero-order valence-electron chi connectivity index (χ0n) is 11.9. The Labute approximate surface area is 117 Å². The fourth-order valence-electron chi connectivity index (χ4n) is 1.84. The second-order valence-corrected chi connectivity index (χ2v) is 4.87. The van der Waals surface area contributed by atoms with Crippen molar-refractivity contribution in [3.05, 3.63) is 17.8 Å². The van der Waals surface area contributed by atoms with Crippen molar-refractivity contribution in [3.8, 4) is 0 Å². The molecular weight excluding hydrogens is 260 g/mol. The number of carbonyl (C=O) groups excluding carboxylic acids is 2. The van der Waals surface area contributed by atoms with Gasteiger partial charge in [0.2, 0.25) is 5.91 Å². The van der Waals surface area contributed by atoms with E-state index in [4.69, 9.17) is 16.2 Å². The largest absolute Gasteiger partial charge is 0.465 e.